The van der Waals surface area contributed by atoms with Crippen LogP contribution in [0, 0.1) is 11.8 Å². The highest BCUT2D eigenvalue weighted by atomic mass is 32.2. The Morgan fingerprint density at radius 3 is 1.62 bits per heavy atom. The number of rotatable bonds is 6. The van der Waals surface area contributed by atoms with Crippen molar-refractivity contribution in [3.05, 3.63) is 24.3 Å². The summed E-state index contributed by atoms with van der Waals surface area (Å²) in [4.78, 5) is 0. The number of allylic oxidation sites excluding steroid dienone is 4. The molecule has 0 heterocycles. The molecule has 0 spiro atoms. The third kappa shape index (κ3) is 8.17. The average molecular weight is 198 g/mol. The van der Waals surface area contributed by atoms with Crippen molar-refractivity contribution >= 4 is 11.8 Å². The SMILES string of the molecule is CC=CC(C)CSCC(C)C=CC. The lowest BCUT2D eigenvalue weighted by Crippen LogP contribution is -1.99. The molecule has 0 aliphatic rings. The molecule has 0 aromatic heterocycles. The van der Waals surface area contributed by atoms with Crippen LogP contribution in [-0.4, -0.2) is 11.5 Å². The number of thioether (sulfide) groups is 1. The summed E-state index contributed by atoms with van der Waals surface area (Å²) in [5, 5.41) is 0. The van der Waals surface area contributed by atoms with Gasteiger partial charge in [-0.15, -0.1) is 0 Å². The topological polar surface area (TPSA) is 0 Å². The lowest BCUT2D eigenvalue weighted by Gasteiger charge is -2.08. The van der Waals surface area contributed by atoms with Crippen LogP contribution in [0.4, 0.5) is 0 Å². The minimum absolute atomic E-state index is 0.716. The maximum atomic E-state index is 2.27. The highest BCUT2D eigenvalue weighted by Gasteiger charge is 1.99. The van der Waals surface area contributed by atoms with Gasteiger partial charge in [-0.1, -0.05) is 38.2 Å². The van der Waals surface area contributed by atoms with Crippen molar-refractivity contribution in [1.29, 1.82) is 0 Å². The predicted octanol–water partition coefficient (Wildman–Crippen LogP) is 4.14. The van der Waals surface area contributed by atoms with Crippen LogP contribution in [0.5, 0.6) is 0 Å². The summed E-state index contributed by atoms with van der Waals surface area (Å²) >= 11 is 2.05. The van der Waals surface area contributed by atoms with Gasteiger partial charge in [-0.25, -0.2) is 0 Å². The van der Waals surface area contributed by atoms with Crippen LogP contribution in [0.2, 0.25) is 0 Å². The number of hydrogen-bond donors (Lipinski definition) is 0. The van der Waals surface area contributed by atoms with Crippen molar-refractivity contribution in [3.8, 4) is 0 Å². The van der Waals surface area contributed by atoms with Crippen LogP contribution in [-0.2, 0) is 0 Å². The van der Waals surface area contributed by atoms with Gasteiger partial charge in [-0.05, 0) is 37.2 Å². The zero-order valence-corrected chi connectivity index (χ0v) is 10.1. The van der Waals surface area contributed by atoms with E-state index in [0.29, 0.717) is 11.8 Å². The monoisotopic (exact) mass is 198 g/mol. The third-order valence-electron chi connectivity index (χ3n) is 1.80. The van der Waals surface area contributed by atoms with Crippen LogP contribution < -0.4 is 0 Å². The van der Waals surface area contributed by atoms with E-state index in [9.17, 15) is 0 Å². The Morgan fingerprint density at radius 2 is 1.31 bits per heavy atom. The molecule has 1 heteroatoms. The van der Waals surface area contributed by atoms with Gasteiger partial charge in [-0.2, -0.15) is 11.8 Å². The Balaban J connectivity index is 3.44. The molecule has 0 aliphatic carbocycles. The Morgan fingerprint density at radius 1 is 0.923 bits per heavy atom. The molecule has 0 fully saturated rings. The van der Waals surface area contributed by atoms with E-state index in [0.717, 1.165) is 0 Å². The Hall–Kier alpha value is -0.170. The van der Waals surface area contributed by atoms with Crippen molar-refractivity contribution in [3.63, 3.8) is 0 Å². The fourth-order valence-corrected chi connectivity index (χ4v) is 2.31. The average Bonchev–Trinajstić information content (AvgIpc) is 2.05. The second kappa shape index (κ2) is 8.43. The molecule has 0 radical (unpaired) electrons. The van der Waals surface area contributed by atoms with E-state index in [1.54, 1.807) is 0 Å². The molecule has 0 bridgehead atoms. The van der Waals surface area contributed by atoms with E-state index in [-0.39, 0.29) is 0 Å². The van der Waals surface area contributed by atoms with E-state index >= 15 is 0 Å². The lowest BCUT2D eigenvalue weighted by atomic mass is 10.2. The fourth-order valence-electron chi connectivity index (χ4n) is 1.21. The van der Waals surface area contributed by atoms with Gasteiger partial charge in [0.1, 0.15) is 0 Å². The molecule has 0 saturated heterocycles. The smallest absolute Gasteiger partial charge is 0.000690 e. The fraction of sp³-hybridized carbons (Fsp3) is 0.667. The molecule has 0 amide bonds. The van der Waals surface area contributed by atoms with Gasteiger partial charge in [0.2, 0.25) is 0 Å². The molecule has 0 aliphatic heterocycles. The summed E-state index contributed by atoms with van der Waals surface area (Å²) in [5.41, 5.74) is 0. The molecule has 13 heavy (non-hydrogen) atoms. The first-order chi connectivity index (χ1) is 6.20. The summed E-state index contributed by atoms with van der Waals surface area (Å²) in [7, 11) is 0. The van der Waals surface area contributed by atoms with Gasteiger partial charge in [0.25, 0.3) is 0 Å². The highest BCUT2D eigenvalue weighted by Crippen LogP contribution is 2.14. The Labute approximate surface area is 87.5 Å². The van der Waals surface area contributed by atoms with Crippen LogP contribution in [0.15, 0.2) is 24.3 Å². The van der Waals surface area contributed by atoms with E-state index in [2.05, 4.69) is 52.0 Å². The van der Waals surface area contributed by atoms with E-state index in [1.165, 1.54) is 11.5 Å². The van der Waals surface area contributed by atoms with Gasteiger partial charge in [-0.3, -0.25) is 0 Å². The first-order valence-corrected chi connectivity index (χ1v) is 6.19. The molecular formula is C12H22S. The molecule has 76 valence electrons. The maximum absolute atomic E-state index is 2.27. The molecule has 0 saturated carbocycles. The van der Waals surface area contributed by atoms with Crippen LogP contribution in [0.25, 0.3) is 0 Å². The summed E-state index contributed by atoms with van der Waals surface area (Å²) in [6.07, 6.45) is 8.82. The molecule has 0 N–H and O–H groups in total. The summed E-state index contributed by atoms with van der Waals surface area (Å²) in [6.45, 7) is 8.72. The van der Waals surface area contributed by atoms with E-state index in [1.807, 2.05) is 11.8 Å². The van der Waals surface area contributed by atoms with Crippen molar-refractivity contribution in [2.75, 3.05) is 11.5 Å². The molecular weight excluding hydrogens is 176 g/mol. The van der Waals surface area contributed by atoms with Gasteiger partial charge in [0.05, 0.1) is 0 Å². The van der Waals surface area contributed by atoms with Crippen molar-refractivity contribution in [2.24, 2.45) is 11.8 Å². The van der Waals surface area contributed by atoms with Crippen molar-refractivity contribution < 1.29 is 0 Å². The Bertz CT molecular complexity index is 141. The normalized spacial score (nSPS) is 16.9. The molecule has 0 aromatic carbocycles. The quantitative estimate of drug-likeness (QED) is 0.578. The van der Waals surface area contributed by atoms with Crippen LogP contribution in [0.1, 0.15) is 27.7 Å². The molecule has 0 rings (SSSR count). The molecule has 2 atom stereocenters. The first-order valence-electron chi connectivity index (χ1n) is 5.04. The van der Waals surface area contributed by atoms with Gasteiger partial charge in [0.15, 0.2) is 0 Å². The van der Waals surface area contributed by atoms with E-state index < -0.39 is 0 Å². The second-order valence-corrected chi connectivity index (χ2v) is 4.62. The van der Waals surface area contributed by atoms with Gasteiger partial charge < -0.3 is 0 Å². The third-order valence-corrected chi connectivity index (χ3v) is 3.33. The zero-order chi connectivity index (χ0) is 10.1. The summed E-state index contributed by atoms with van der Waals surface area (Å²) in [5.74, 6) is 3.92. The second-order valence-electron chi connectivity index (χ2n) is 3.54. The van der Waals surface area contributed by atoms with Crippen molar-refractivity contribution in [1.82, 2.24) is 0 Å². The summed E-state index contributed by atoms with van der Waals surface area (Å²) < 4.78 is 0. The number of hydrogen-bond acceptors (Lipinski definition) is 1. The zero-order valence-electron chi connectivity index (χ0n) is 9.29. The maximum Gasteiger partial charge on any atom is -0.000690 e. The Kier molecular flexibility index (Phi) is 8.32. The molecule has 0 aromatic rings. The first kappa shape index (κ1) is 12.8. The van der Waals surface area contributed by atoms with Crippen molar-refractivity contribution in [2.45, 2.75) is 27.7 Å². The molecule has 0 nitrogen and oxygen atoms in total. The largest absolute Gasteiger partial charge is 0.161 e. The highest BCUT2D eigenvalue weighted by molar-refractivity contribution is 7.99. The van der Waals surface area contributed by atoms with Gasteiger partial charge >= 0.3 is 0 Å². The lowest BCUT2D eigenvalue weighted by molar-refractivity contribution is 0.821. The predicted molar refractivity (Wildman–Crippen MR) is 65.3 cm³/mol. The summed E-state index contributed by atoms with van der Waals surface area (Å²) in [6, 6.07) is 0. The standard InChI is InChI=1S/C12H22S/c1-5-7-11(3)9-13-10-12(4)8-6-2/h5-8,11-12H,9-10H2,1-4H3. The minimum atomic E-state index is 0.716. The van der Waals surface area contributed by atoms with Gasteiger partial charge in [0, 0.05) is 0 Å². The van der Waals surface area contributed by atoms with Crippen LogP contribution >= 0.6 is 11.8 Å². The van der Waals surface area contributed by atoms with E-state index in [4.69, 9.17) is 0 Å². The minimum Gasteiger partial charge on any atom is -0.161 e. The van der Waals surface area contributed by atoms with Crippen LogP contribution in [0.3, 0.4) is 0 Å². The molecule has 2 unspecified atom stereocenters.